The molecule has 0 aromatic heterocycles. The summed E-state index contributed by atoms with van der Waals surface area (Å²) < 4.78 is 23.1. The molecule has 8 heteroatoms. The first-order valence-electron chi connectivity index (χ1n) is 8.11. The zero-order valence-corrected chi connectivity index (χ0v) is 16.2. The molecule has 0 aliphatic carbocycles. The first kappa shape index (κ1) is 19.7. The topological polar surface area (TPSA) is 74.8 Å². The van der Waals surface area contributed by atoms with Gasteiger partial charge in [-0.25, -0.2) is 8.42 Å². The van der Waals surface area contributed by atoms with Crippen LogP contribution in [0.4, 0.5) is 5.69 Å². The maximum absolute atomic E-state index is 12.4. The van der Waals surface area contributed by atoms with E-state index >= 15 is 0 Å². The van der Waals surface area contributed by atoms with Crippen molar-refractivity contribution in [2.24, 2.45) is 0 Å². The van der Waals surface area contributed by atoms with Gasteiger partial charge in [-0.2, -0.15) is 0 Å². The van der Waals surface area contributed by atoms with Gasteiger partial charge >= 0.3 is 0 Å². The SMILES string of the molecule is CC(=O)N(CCC(=O)N(C)C1CCS(=O)(=O)C1)c1ccc(Cl)cc1C. The smallest absolute Gasteiger partial charge is 0.224 e. The second kappa shape index (κ2) is 7.74. The number of hydrogen-bond acceptors (Lipinski definition) is 4. The molecule has 1 aromatic carbocycles. The van der Waals surface area contributed by atoms with Gasteiger partial charge < -0.3 is 9.80 Å². The second-order valence-electron chi connectivity index (χ2n) is 6.41. The predicted molar refractivity (Wildman–Crippen MR) is 98.7 cm³/mol. The number of amides is 2. The van der Waals surface area contributed by atoms with Crippen LogP contribution in [0.1, 0.15) is 25.3 Å². The van der Waals surface area contributed by atoms with Crippen LogP contribution >= 0.6 is 11.6 Å². The Labute approximate surface area is 153 Å². The first-order chi connectivity index (χ1) is 11.6. The molecular weight excluding hydrogens is 364 g/mol. The molecule has 0 bridgehead atoms. The Morgan fingerprint density at radius 1 is 1.32 bits per heavy atom. The molecule has 1 aliphatic rings. The Morgan fingerprint density at radius 2 is 2.00 bits per heavy atom. The molecule has 1 aliphatic heterocycles. The summed E-state index contributed by atoms with van der Waals surface area (Å²) in [5, 5.41) is 0.586. The van der Waals surface area contributed by atoms with E-state index < -0.39 is 9.84 Å². The van der Waals surface area contributed by atoms with Gasteiger partial charge in [0.1, 0.15) is 0 Å². The van der Waals surface area contributed by atoms with E-state index in [1.165, 1.54) is 11.8 Å². The molecule has 1 aromatic rings. The van der Waals surface area contributed by atoms with E-state index in [1.807, 2.05) is 6.92 Å². The van der Waals surface area contributed by atoms with E-state index in [2.05, 4.69) is 0 Å². The lowest BCUT2D eigenvalue weighted by atomic mass is 10.1. The van der Waals surface area contributed by atoms with Gasteiger partial charge in [-0.15, -0.1) is 0 Å². The van der Waals surface area contributed by atoms with Crippen molar-refractivity contribution in [3.63, 3.8) is 0 Å². The lowest BCUT2D eigenvalue weighted by Gasteiger charge is -2.27. The monoisotopic (exact) mass is 386 g/mol. The zero-order valence-electron chi connectivity index (χ0n) is 14.7. The van der Waals surface area contributed by atoms with Gasteiger partial charge in [-0.3, -0.25) is 9.59 Å². The van der Waals surface area contributed by atoms with Crippen LogP contribution in [0.15, 0.2) is 18.2 Å². The highest BCUT2D eigenvalue weighted by atomic mass is 35.5. The first-order valence-corrected chi connectivity index (χ1v) is 10.3. The number of anilines is 1. The fourth-order valence-electron chi connectivity index (χ4n) is 3.04. The van der Waals surface area contributed by atoms with E-state index in [-0.39, 0.29) is 42.3 Å². The van der Waals surface area contributed by atoms with Crippen LogP contribution in [0.25, 0.3) is 0 Å². The molecule has 0 radical (unpaired) electrons. The highest BCUT2D eigenvalue weighted by Gasteiger charge is 2.32. The van der Waals surface area contributed by atoms with E-state index in [0.717, 1.165) is 11.3 Å². The van der Waals surface area contributed by atoms with Crippen LogP contribution in [0.2, 0.25) is 5.02 Å². The summed E-state index contributed by atoms with van der Waals surface area (Å²) in [6.07, 6.45) is 0.603. The third-order valence-electron chi connectivity index (χ3n) is 4.53. The van der Waals surface area contributed by atoms with Crippen molar-refractivity contribution in [3.05, 3.63) is 28.8 Å². The number of carbonyl (C=O) groups is 2. The van der Waals surface area contributed by atoms with E-state index in [9.17, 15) is 18.0 Å². The van der Waals surface area contributed by atoms with Crippen LogP contribution in [-0.4, -0.2) is 56.3 Å². The van der Waals surface area contributed by atoms with Crippen LogP contribution in [-0.2, 0) is 19.4 Å². The highest BCUT2D eigenvalue weighted by Crippen LogP contribution is 2.24. The maximum atomic E-state index is 12.4. The average molecular weight is 387 g/mol. The quantitative estimate of drug-likeness (QED) is 0.776. The van der Waals surface area contributed by atoms with Crippen molar-refractivity contribution in [1.29, 1.82) is 0 Å². The van der Waals surface area contributed by atoms with Gasteiger partial charge in [-0.05, 0) is 37.1 Å². The Balaban J connectivity index is 2.03. The summed E-state index contributed by atoms with van der Waals surface area (Å²) >= 11 is 5.95. The zero-order chi connectivity index (χ0) is 18.8. The Bertz CT molecular complexity index is 779. The van der Waals surface area contributed by atoms with Crippen LogP contribution in [0.3, 0.4) is 0 Å². The molecule has 1 heterocycles. The number of halogens is 1. The molecular formula is C17H23ClN2O4S. The number of aryl methyl sites for hydroxylation is 1. The number of sulfone groups is 1. The van der Waals surface area contributed by atoms with Crippen LogP contribution < -0.4 is 4.90 Å². The molecule has 0 saturated carbocycles. The molecule has 1 atom stereocenters. The Morgan fingerprint density at radius 3 is 2.52 bits per heavy atom. The van der Waals surface area contributed by atoms with Gasteiger partial charge in [-0.1, -0.05) is 11.6 Å². The summed E-state index contributed by atoms with van der Waals surface area (Å²) in [7, 11) is -1.42. The second-order valence-corrected chi connectivity index (χ2v) is 9.08. The van der Waals surface area contributed by atoms with Gasteiger partial charge in [0, 0.05) is 43.7 Å². The largest absolute Gasteiger partial charge is 0.342 e. The number of hydrogen-bond donors (Lipinski definition) is 0. The third kappa shape index (κ3) is 4.95. The summed E-state index contributed by atoms with van der Waals surface area (Å²) in [4.78, 5) is 27.4. The summed E-state index contributed by atoms with van der Waals surface area (Å²) in [6, 6.07) is 4.96. The Kier molecular flexibility index (Phi) is 6.11. The van der Waals surface area contributed by atoms with Gasteiger partial charge in [0.2, 0.25) is 11.8 Å². The number of rotatable bonds is 5. The van der Waals surface area contributed by atoms with Crippen molar-refractivity contribution in [2.45, 2.75) is 32.7 Å². The molecule has 138 valence electrons. The van der Waals surface area contributed by atoms with E-state index in [0.29, 0.717) is 11.4 Å². The number of carbonyl (C=O) groups excluding carboxylic acids is 2. The lowest BCUT2D eigenvalue weighted by Crippen LogP contribution is -2.40. The molecule has 6 nitrogen and oxygen atoms in total. The molecule has 25 heavy (non-hydrogen) atoms. The minimum atomic E-state index is -3.04. The van der Waals surface area contributed by atoms with Crippen molar-refractivity contribution in [1.82, 2.24) is 4.90 Å². The molecule has 0 N–H and O–H groups in total. The van der Waals surface area contributed by atoms with Gasteiger partial charge in [0.15, 0.2) is 9.84 Å². The molecule has 1 fully saturated rings. The van der Waals surface area contributed by atoms with Gasteiger partial charge in [0.25, 0.3) is 0 Å². The summed E-state index contributed by atoms with van der Waals surface area (Å²) in [5.74, 6) is -0.190. The number of nitrogens with zero attached hydrogens (tertiary/aromatic N) is 2. The van der Waals surface area contributed by atoms with E-state index in [4.69, 9.17) is 11.6 Å². The fraction of sp³-hybridized carbons (Fsp3) is 0.529. The fourth-order valence-corrected chi connectivity index (χ4v) is 5.04. The van der Waals surface area contributed by atoms with E-state index in [1.54, 1.807) is 30.1 Å². The maximum Gasteiger partial charge on any atom is 0.224 e. The van der Waals surface area contributed by atoms with Crippen LogP contribution in [0, 0.1) is 6.92 Å². The lowest BCUT2D eigenvalue weighted by molar-refractivity contribution is -0.131. The highest BCUT2D eigenvalue weighted by molar-refractivity contribution is 7.91. The minimum absolute atomic E-state index is 0.0158. The van der Waals surface area contributed by atoms with Crippen molar-refractivity contribution in [3.8, 4) is 0 Å². The summed E-state index contributed by atoms with van der Waals surface area (Å²) in [6.45, 7) is 3.54. The standard InChI is InChI=1S/C17H23ClN2O4S/c1-12-10-14(18)4-5-16(12)20(13(2)21)8-6-17(22)19(3)15-7-9-25(23,24)11-15/h4-5,10,15H,6-9,11H2,1-3H3. The van der Waals surface area contributed by atoms with Crippen molar-refractivity contribution in [2.75, 3.05) is 30.0 Å². The number of benzene rings is 1. The summed E-state index contributed by atoms with van der Waals surface area (Å²) in [5.41, 5.74) is 1.57. The van der Waals surface area contributed by atoms with Crippen LogP contribution in [0.5, 0.6) is 0 Å². The average Bonchev–Trinajstić information content (AvgIpc) is 2.88. The molecule has 1 unspecified atom stereocenters. The Hall–Kier alpha value is -1.60. The molecule has 2 amide bonds. The van der Waals surface area contributed by atoms with Crippen molar-refractivity contribution >= 4 is 38.9 Å². The predicted octanol–water partition coefficient (Wildman–Crippen LogP) is 2.04. The van der Waals surface area contributed by atoms with Crippen molar-refractivity contribution < 1.29 is 18.0 Å². The minimum Gasteiger partial charge on any atom is -0.342 e. The third-order valence-corrected chi connectivity index (χ3v) is 6.51. The normalized spacial score (nSPS) is 18.8. The molecule has 2 rings (SSSR count). The van der Waals surface area contributed by atoms with Gasteiger partial charge in [0.05, 0.1) is 11.5 Å². The molecule has 1 saturated heterocycles. The molecule has 0 spiro atoms.